The summed E-state index contributed by atoms with van der Waals surface area (Å²) in [6.45, 7) is 0. The highest BCUT2D eigenvalue weighted by molar-refractivity contribution is 9.10. The minimum Gasteiger partial charge on any atom is -0.191 e. The molecule has 1 heterocycles. The molecule has 1 aromatic heterocycles. The highest BCUT2D eigenvalue weighted by Crippen LogP contribution is 2.42. The van der Waals surface area contributed by atoms with Crippen molar-refractivity contribution in [3.8, 4) is 11.3 Å². The fourth-order valence-corrected chi connectivity index (χ4v) is 2.90. The minimum absolute atomic E-state index is 0.0303. The highest BCUT2D eigenvalue weighted by Gasteiger charge is 2.37. The van der Waals surface area contributed by atoms with Gasteiger partial charge in [0.15, 0.2) is 0 Å². The molecule has 0 atom stereocenters. The summed E-state index contributed by atoms with van der Waals surface area (Å²) in [7, 11) is 0. The third kappa shape index (κ3) is 2.64. The van der Waals surface area contributed by atoms with E-state index in [2.05, 4.69) is 20.3 Å². The van der Waals surface area contributed by atoms with Crippen molar-refractivity contribution in [2.45, 2.75) is 6.18 Å². The van der Waals surface area contributed by atoms with E-state index in [4.69, 9.17) is 11.6 Å². The Kier molecular flexibility index (Phi) is 3.47. The third-order valence-corrected chi connectivity index (χ3v) is 4.19. The molecule has 0 aliphatic rings. The van der Waals surface area contributed by atoms with Crippen LogP contribution in [0.1, 0.15) is 4.88 Å². The first-order chi connectivity index (χ1) is 7.89. The Morgan fingerprint density at radius 1 is 1.18 bits per heavy atom. The van der Waals surface area contributed by atoms with Gasteiger partial charge in [-0.2, -0.15) is 17.5 Å². The molecule has 0 saturated heterocycles. The van der Waals surface area contributed by atoms with E-state index in [-0.39, 0.29) is 10.2 Å². The van der Waals surface area contributed by atoms with Crippen LogP contribution < -0.4 is 0 Å². The van der Waals surface area contributed by atoms with Crippen LogP contribution in [0.25, 0.3) is 11.3 Å². The van der Waals surface area contributed by atoms with Crippen molar-refractivity contribution in [1.82, 2.24) is 4.37 Å². The second-order valence-corrected chi connectivity index (χ2v) is 5.18. The van der Waals surface area contributed by atoms with E-state index in [1.807, 2.05) is 0 Å². The number of halogens is 5. The lowest BCUT2D eigenvalue weighted by molar-refractivity contribution is -0.134. The van der Waals surface area contributed by atoms with Gasteiger partial charge in [0.2, 0.25) is 0 Å². The molecule has 0 bridgehead atoms. The van der Waals surface area contributed by atoms with E-state index in [1.54, 1.807) is 24.3 Å². The van der Waals surface area contributed by atoms with Gasteiger partial charge in [-0.1, -0.05) is 23.7 Å². The predicted molar refractivity (Wildman–Crippen MR) is 65.3 cm³/mol. The smallest absolute Gasteiger partial charge is 0.191 e. The lowest BCUT2D eigenvalue weighted by atomic mass is 10.1. The molecular weight excluding hydrogens is 339 g/mol. The monoisotopic (exact) mass is 341 g/mol. The molecule has 1 nitrogen and oxygen atoms in total. The zero-order valence-corrected chi connectivity index (χ0v) is 11.2. The van der Waals surface area contributed by atoms with E-state index in [0.717, 1.165) is 0 Å². The maximum atomic E-state index is 12.6. The largest absolute Gasteiger partial charge is 0.428 e. The standard InChI is InChI=1S/C10H4BrClF3NS/c11-7-8(5-1-3-6(12)4-2-5)16-17-9(7)10(13,14)15/h1-4H. The van der Waals surface area contributed by atoms with Crippen molar-refractivity contribution >= 4 is 39.1 Å². The van der Waals surface area contributed by atoms with Gasteiger partial charge in [-0.3, -0.25) is 0 Å². The van der Waals surface area contributed by atoms with E-state index in [1.165, 1.54) is 0 Å². The third-order valence-electron chi connectivity index (χ3n) is 2.01. The number of alkyl halides is 3. The molecule has 0 aliphatic heterocycles. The van der Waals surface area contributed by atoms with Crippen molar-refractivity contribution < 1.29 is 13.2 Å². The number of hydrogen-bond acceptors (Lipinski definition) is 2. The van der Waals surface area contributed by atoms with Gasteiger partial charge in [0.25, 0.3) is 0 Å². The Hall–Kier alpha value is -0.590. The van der Waals surface area contributed by atoms with Crippen LogP contribution in [0.15, 0.2) is 28.7 Å². The highest BCUT2D eigenvalue weighted by atomic mass is 79.9. The zero-order valence-electron chi connectivity index (χ0n) is 8.05. The number of nitrogens with zero attached hydrogens (tertiary/aromatic N) is 1. The lowest BCUT2D eigenvalue weighted by Gasteiger charge is -2.03. The van der Waals surface area contributed by atoms with Gasteiger partial charge in [-0.25, -0.2) is 0 Å². The fraction of sp³-hybridized carbons (Fsp3) is 0.100. The van der Waals surface area contributed by atoms with Crippen LogP contribution in [0.5, 0.6) is 0 Å². The van der Waals surface area contributed by atoms with Gasteiger partial charge in [0.1, 0.15) is 4.88 Å². The van der Waals surface area contributed by atoms with Crippen LogP contribution in [0.3, 0.4) is 0 Å². The minimum atomic E-state index is -4.39. The first-order valence-corrected chi connectivity index (χ1v) is 6.32. The van der Waals surface area contributed by atoms with Crippen molar-refractivity contribution in [3.05, 3.63) is 38.6 Å². The molecule has 1 aromatic carbocycles. The first kappa shape index (κ1) is 12.9. The maximum absolute atomic E-state index is 12.6. The van der Waals surface area contributed by atoms with E-state index in [9.17, 15) is 13.2 Å². The van der Waals surface area contributed by atoms with Crippen molar-refractivity contribution in [2.75, 3.05) is 0 Å². The summed E-state index contributed by atoms with van der Waals surface area (Å²) < 4.78 is 41.5. The van der Waals surface area contributed by atoms with E-state index >= 15 is 0 Å². The molecule has 0 aliphatic carbocycles. The summed E-state index contributed by atoms with van der Waals surface area (Å²) in [5.74, 6) is 0. The quantitative estimate of drug-likeness (QED) is 0.690. The van der Waals surface area contributed by atoms with Crippen LogP contribution in [-0.4, -0.2) is 4.37 Å². The molecule has 0 spiro atoms. The Labute approximate surface area is 113 Å². The number of hydrogen-bond donors (Lipinski definition) is 0. The Balaban J connectivity index is 2.48. The van der Waals surface area contributed by atoms with Gasteiger partial charge in [-0.05, 0) is 39.6 Å². The van der Waals surface area contributed by atoms with Gasteiger partial charge in [0, 0.05) is 10.6 Å². The molecule has 0 unspecified atom stereocenters. The topological polar surface area (TPSA) is 12.9 Å². The SMILES string of the molecule is FC(F)(F)c1snc(-c2ccc(Cl)cc2)c1Br. The van der Waals surface area contributed by atoms with Crippen LogP contribution in [0.2, 0.25) is 5.02 Å². The number of aromatic nitrogens is 1. The van der Waals surface area contributed by atoms with Gasteiger partial charge in [-0.15, -0.1) is 0 Å². The zero-order chi connectivity index (χ0) is 12.6. The molecular formula is C10H4BrClF3NS. The molecule has 0 N–H and O–H groups in total. The molecule has 7 heteroatoms. The fourth-order valence-electron chi connectivity index (χ4n) is 1.24. The van der Waals surface area contributed by atoms with Crippen molar-refractivity contribution in [3.63, 3.8) is 0 Å². The molecule has 2 rings (SSSR count). The van der Waals surface area contributed by atoms with E-state index in [0.29, 0.717) is 22.1 Å². The van der Waals surface area contributed by atoms with Crippen LogP contribution in [0, 0.1) is 0 Å². The number of benzene rings is 1. The Morgan fingerprint density at radius 2 is 1.76 bits per heavy atom. The van der Waals surface area contributed by atoms with Crippen LogP contribution >= 0.6 is 39.1 Å². The second kappa shape index (κ2) is 4.59. The van der Waals surface area contributed by atoms with Gasteiger partial charge in [0.05, 0.1) is 10.2 Å². The van der Waals surface area contributed by atoms with Gasteiger partial charge < -0.3 is 0 Å². The van der Waals surface area contributed by atoms with Crippen LogP contribution in [0.4, 0.5) is 13.2 Å². The molecule has 0 radical (unpaired) electrons. The average molecular weight is 343 g/mol. The Bertz CT molecular complexity index is 535. The lowest BCUT2D eigenvalue weighted by Crippen LogP contribution is -2.02. The maximum Gasteiger partial charge on any atom is 0.428 e. The number of rotatable bonds is 1. The summed E-state index contributed by atoms with van der Waals surface area (Å²) in [5, 5.41) is 0.524. The normalized spacial score (nSPS) is 11.8. The first-order valence-electron chi connectivity index (χ1n) is 4.38. The van der Waals surface area contributed by atoms with Gasteiger partial charge >= 0.3 is 6.18 Å². The summed E-state index contributed by atoms with van der Waals surface area (Å²) in [4.78, 5) is -0.734. The summed E-state index contributed by atoms with van der Waals surface area (Å²) in [6.07, 6.45) is -4.39. The molecule has 0 saturated carbocycles. The molecule has 90 valence electrons. The van der Waals surface area contributed by atoms with Crippen LogP contribution in [-0.2, 0) is 6.18 Å². The van der Waals surface area contributed by atoms with Crippen molar-refractivity contribution in [1.29, 1.82) is 0 Å². The van der Waals surface area contributed by atoms with E-state index < -0.39 is 11.1 Å². The second-order valence-electron chi connectivity index (χ2n) is 3.18. The molecule has 17 heavy (non-hydrogen) atoms. The molecule has 0 amide bonds. The molecule has 0 fully saturated rings. The average Bonchev–Trinajstić information content (AvgIpc) is 2.61. The Morgan fingerprint density at radius 3 is 2.24 bits per heavy atom. The summed E-state index contributed by atoms with van der Waals surface area (Å²) >= 11 is 9.07. The summed E-state index contributed by atoms with van der Waals surface area (Å²) in [6, 6.07) is 6.47. The molecule has 2 aromatic rings. The summed E-state index contributed by atoms with van der Waals surface area (Å²) in [5.41, 5.74) is 0.868. The van der Waals surface area contributed by atoms with Crippen molar-refractivity contribution in [2.24, 2.45) is 0 Å². The predicted octanol–water partition coefficient (Wildman–Crippen LogP) is 5.24.